The molecular formula is C25H33N3O2. The summed E-state index contributed by atoms with van der Waals surface area (Å²) in [5.41, 5.74) is 3.38. The van der Waals surface area contributed by atoms with Crippen LogP contribution in [0.1, 0.15) is 42.9 Å². The first-order valence-electron chi connectivity index (χ1n) is 11.0. The van der Waals surface area contributed by atoms with Crippen LogP contribution >= 0.6 is 0 Å². The summed E-state index contributed by atoms with van der Waals surface area (Å²) in [5, 5.41) is 5.73. The molecular weight excluding hydrogens is 374 g/mol. The fourth-order valence-corrected chi connectivity index (χ4v) is 3.90. The predicted molar refractivity (Wildman–Crippen MR) is 120 cm³/mol. The van der Waals surface area contributed by atoms with Crippen LogP contribution in [0.3, 0.4) is 0 Å². The summed E-state index contributed by atoms with van der Waals surface area (Å²) in [4.78, 5) is 26.5. The van der Waals surface area contributed by atoms with Crippen molar-refractivity contribution in [3.63, 3.8) is 0 Å². The third kappa shape index (κ3) is 7.64. The van der Waals surface area contributed by atoms with Crippen molar-refractivity contribution in [2.45, 2.75) is 45.7 Å². The molecule has 2 N–H and O–H groups in total. The highest BCUT2D eigenvalue weighted by molar-refractivity contribution is 5.80. The zero-order valence-corrected chi connectivity index (χ0v) is 17.9. The topological polar surface area (TPSA) is 61.4 Å². The lowest BCUT2D eigenvalue weighted by Crippen LogP contribution is -2.33. The van der Waals surface area contributed by atoms with Gasteiger partial charge in [-0.2, -0.15) is 0 Å². The molecule has 1 fully saturated rings. The minimum atomic E-state index is -0.0623. The Hall–Kier alpha value is -2.66. The molecule has 2 amide bonds. The number of carbonyl (C=O) groups is 2. The first-order valence-corrected chi connectivity index (χ1v) is 11.0. The highest BCUT2D eigenvalue weighted by Crippen LogP contribution is 2.18. The number of likely N-dealkylation sites (tertiary alicyclic amines) is 1. The molecule has 5 nitrogen and oxygen atoms in total. The van der Waals surface area contributed by atoms with Crippen molar-refractivity contribution in [3.8, 4) is 0 Å². The number of hydrogen-bond acceptors (Lipinski definition) is 3. The van der Waals surface area contributed by atoms with Crippen molar-refractivity contribution in [3.05, 3.63) is 71.3 Å². The van der Waals surface area contributed by atoms with Gasteiger partial charge >= 0.3 is 0 Å². The molecule has 2 aromatic carbocycles. The van der Waals surface area contributed by atoms with Gasteiger partial charge in [0.15, 0.2) is 0 Å². The summed E-state index contributed by atoms with van der Waals surface area (Å²) < 4.78 is 0. The number of nitrogens with zero attached hydrogens (tertiary/aromatic N) is 1. The van der Waals surface area contributed by atoms with Crippen LogP contribution < -0.4 is 10.6 Å². The van der Waals surface area contributed by atoms with E-state index in [9.17, 15) is 9.59 Å². The van der Waals surface area contributed by atoms with Gasteiger partial charge in [0.1, 0.15) is 0 Å². The molecule has 0 aromatic heterocycles. The zero-order chi connectivity index (χ0) is 21.2. The molecule has 0 aliphatic carbocycles. The predicted octanol–water partition coefficient (Wildman–Crippen LogP) is 3.28. The maximum absolute atomic E-state index is 12.0. The third-order valence-corrected chi connectivity index (χ3v) is 5.54. The van der Waals surface area contributed by atoms with E-state index in [0.29, 0.717) is 19.5 Å². The molecule has 0 radical (unpaired) electrons. The third-order valence-electron chi connectivity index (χ3n) is 5.54. The van der Waals surface area contributed by atoms with E-state index in [1.807, 2.05) is 30.3 Å². The average molecular weight is 408 g/mol. The van der Waals surface area contributed by atoms with Gasteiger partial charge in [-0.25, -0.2) is 0 Å². The van der Waals surface area contributed by atoms with Crippen molar-refractivity contribution >= 4 is 11.8 Å². The van der Waals surface area contributed by atoms with E-state index in [-0.39, 0.29) is 18.2 Å². The maximum Gasteiger partial charge on any atom is 0.224 e. The number of piperidine rings is 1. The summed E-state index contributed by atoms with van der Waals surface area (Å²) in [7, 11) is 0. The lowest BCUT2D eigenvalue weighted by atomic mass is 9.99. The van der Waals surface area contributed by atoms with E-state index >= 15 is 0 Å². The molecule has 0 unspecified atom stereocenters. The Labute approximate surface area is 179 Å². The van der Waals surface area contributed by atoms with Crippen molar-refractivity contribution < 1.29 is 9.59 Å². The standard InChI is InChI=1S/C25H33N3O2/c1-20-6-5-15-28(18-20)19-23-11-9-22(10-12-23)17-27-24(29)13-14-26-25(30)16-21-7-3-2-4-8-21/h2-4,7-12,20H,5-6,13-19H2,1H3,(H,26,30)(H,27,29)/t20-/m1/s1. The van der Waals surface area contributed by atoms with Gasteiger partial charge in [0.05, 0.1) is 6.42 Å². The van der Waals surface area contributed by atoms with Crippen molar-refractivity contribution in [2.24, 2.45) is 5.92 Å². The highest BCUT2D eigenvalue weighted by atomic mass is 16.2. The number of amides is 2. The number of carbonyl (C=O) groups excluding carboxylic acids is 2. The maximum atomic E-state index is 12.0. The average Bonchev–Trinajstić information content (AvgIpc) is 2.74. The highest BCUT2D eigenvalue weighted by Gasteiger charge is 2.16. The number of rotatable bonds is 9. The summed E-state index contributed by atoms with van der Waals surface area (Å²) in [6.45, 7) is 6.55. The fraction of sp³-hybridized carbons (Fsp3) is 0.440. The van der Waals surface area contributed by atoms with Crippen molar-refractivity contribution in [1.82, 2.24) is 15.5 Å². The second kappa shape index (κ2) is 11.5. The van der Waals surface area contributed by atoms with Crippen LogP contribution in [0, 0.1) is 5.92 Å². The molecule has 160 valence electrons. The minimum absolute atomic E-state index is 0.0543. The molecule has 5 heteroatoms. The van der Waals surface area contributed by atoms with Crippen molar-refractivity contribution in [1.29, 1.82) is 0 Å². The normalized spacial score (nSPS) is 16.8. The lowest BCUT2D eigenvalue weighted by molar-refractivity contribution is -0.122. The molecule has 1 aliphatic heterocycles. The molecule has 1 heterocycles. The molecule has 0 bridgehead atoms. The largest absolute Gasteiger partial charge is 0.355 e. The van der Waals surface area contributed by atoms with Crippen molar-refractivity contribution in [2.75, 3.05) is 19.6 Å². The second-order valence-corrected chi connectivity index (χ2v) is 8.34. The summed E-state index contributed by atoms with van der Waals surface area (Å²) in [6, 6.07) is 18.1. The van der Waals surface area contributed by atoms with E-state index in [2.05, 4.69) is 46.7 Å². The number of hydrogen-bond donors (Lipinski definition) is 2. The summed E-state index contributed by atoms with van der Waals surface area (Å²) in [5.74, 6) is 0.672. The fourth-order valence-electron chi connectivity index (χ4n) is 3.90. The first-order chi connectivity index (χ1) is 14.6. The lowest BCUT2D eigenvalue weighted by Gasteiger charge is -2.30. The van der Waals surface area contributed by atoms with Crippen LogP contribution in [-0.4, -0.2) is 36.3 Å². The Morgan fingerprint density at radius 3 is 2.40 bits per heavy atom. The van der Waals surface area contributed by atoms with Gasteiger partial charge in [-0.15, -0.1) is 0 Å². The van der Waals surface area contributed by atoms with Crippen LogP contribution in [0.15, 0.2) is 54.6 Å². The monoisotopic (exact) mass is 407 g/mol. The van der Waals surface area contributed by atoms with Gasteiger partial charge in [0.25, 0.3) is 0 Å². The van der Waals surface area contributed by atoms with Crippen LogP contribution in [0.5, 0.6) is 0 Å². The van der Waals surface area contributed by atoms with Gasteiger partial charge in [0, 0.05) is 32.6 Å². The second-order valence-electron chi connectivity index (χ2n) is 8.34. The molecule has 1 aliphatic rings. The minimum Gasteiger partial charge on any atom is -0.355 e. The Morgan fingerprint density at radius 1 is 0.933 bits per heavy atom. The van der Waals surface area contributed by atoms with Gasteiger partial charge < -0.3 is 10.6 Å². The van der Waals surface area contributed by atoms with Crippen LogP contribution in [0.4, 0.5) is 0 Å². The van der Waals surface area contributed by atoms with Gasteiger partial charge in [-0.1, -0.05) is 61.5 Å². The molecule has 30 heavy (non-hydrogen) atoms. The van der Waals surface area contributed by atoms with Gasteiger partial charge in [-0.3, -0.25) is 14.5 Å². The number of nitrogens with one attached hydrogen (secondary N) is 2. The number of benzene rings is 2. The smallest absolute Gasteiger partial charge is 0.224 e. The molecule has 3 rings (SSSR count). The van der Waals surface area contributed by atoms with Gasteiger partial charge in [0.2, 0.25) is 11.8 Å². The summed E-state index contributed by atoms with van der Waals surface area (Å²) in [6.07, 6.45) is 3.25. The molecule has 0 saturated carbocycles. The molecule has 0 spiro atoms. The molecule has 1 atom stereocenters. The first kappa shape index (κ1) is 22.0. The summed E-state index contributed by atoms with van der Waals surface area (Å²) >= 11 is 0. The molecule has 1 saturated heterocycles. The van der Waals surface area contributed by atoms with Crippen LogP contribution in [0.2, 0.25) is 0 Å². The quantitative estimate of drug-likeness (QED) is 0.671. The SMILES string of the molecule is C[C@@H]1CCCN(Cc2ccc(CNC(=O)CCNC(=O)Cc3ccccc3)cc2)C1. The van der Waals surface area contributed by atoms with E-state index < -0.39 is 0 Å². The van der Waals surface area contributed by atoms with Gasteiger partial charge in [-0.05, 0) is 42.0 Å². The van der Waals surface area contributed by atoms with E-state index in [0.717, 1.165) is 23.6 Å². The Morgan fingerprint density at radius 2 is 1.67 bits per heavy atom. The Bertz CT molecular complexity index is 805. The van der Waals surface area contributed by atoms with E-state index in [4.69, 9.17) is 0 Å². The van der Waals surface area contributed by atoms with E-state index in [1.165, 1.54) is 31.5 Å². The Balaban J connectivity index is 1.32. The molecule has 2 aromatic rings. The van der Waals surface area contributed by atoms with Crippen LogP contribution in [-0.2, 0) is 29.1 Å². The Kier molecular flexibility index (Phi) is 8.45. The van der Waals surface area contributed by atoms with E-state index in [1.54, 1.807) is 0 Å². The van der Waals surface area contributed by atoms with Crippen LogP contribution in [0.25, 0.3) is 0 Å². The zero-order valence-electron chi connectivity index (χ0n) is 17.9.